The number of hydrogen-bond acceptors (Lipinski definition) is 4. The van der Waals surface area contributed by atoms with E-state index in [4.69, 9.17) is 0 Å². The number of benzene rings is 1. The predicted molar refractivity (Wildman–Crippen MR) is 99.3 cm³/mol. The summed E-state index contributed by atoms with van der Waals surface area (Å²) in [7, 11) is 2.92. The highest BCUT2D eigenvalue weighted by atomic mass is 16.2. The molecule has 0 saturated carbocycles. The fourth-order valence-electron chi connectivity index (χ4n) is 2.96. The molecule has 26 heavy (non-hydrogen) atoms. The Balaban J connectivity index is 2.14. The number of pyridine rings is 1. The Morgan fingerprint density at radius 3 is 2.42 bits per heavy atom. The van der Waals surface area contributed by atoms with Crippen molar-refractivity contribution in [3.63, 3.8) is 0 Å². The molecule has 1 N–H and O–H groups in total. The smallest absolute Gasteiger partial charge is 0.332 e. The van der Waals surface area contributed by atoms with Crippen LogP contribution < -0.4 is 16.6 Å². The van der Waals surface area contributed by atoms with Crippen molar-refractivity contribution >= 4 is 16.9 Å². The number of amides is 1. The lowest BCUT2D eigenvalue weighted by atomic mass is 10.1. The summed E-state index contributed by atoms with van der Waals surface area (Å²) < 4.78 is 2.26. The van der Waals surface area contributed by atoms with Crippen LogP contribution in [0.3, 0.4) is 0 Å². The van der Waals surface area contributed by atoms with Crippen molar-refractivity contribution in [3.05, 3.63) is 74.1 Å². The third kappa shape index (κ3) is 2.92. The normalized spacial score (nSPS) is 12.2. The summed E-state index contributed by atoms with van der Waals surface area (Å²) in [6.07, 6.45) is 0. The molecule has 3 aromatic rings. The summed E-state index contributed by atoms with van der Waals surface area (Å²) in [5.74, 6) is -0.382. The van der Waals surface area contributed by atoms with Crippen LogP contribution in [-0.2, 0) is 14.1 Å². The van der Waals surface area contributed by atoms with E-state index in [0.29, 0.717) is 5.69 Å². The van der Waals surface area contributed by atoms with Gasteiger partial charge >= 0.3 is 5.69 Å². The van der Waals surface area contributed by atoms with Crippen LogP contribution in [0.25, 0.3) is 11.0 Å². The van der Waals surface area contributed by atoms with Crippen molar-refractivity contribution < 1.29 is 4.79 Å². The van der Waals surface area contributed by atoms with Crippen LogP contribution in [0.1, 0.15) is 34.6 Å². The predicted octanol–water partition coefficient (Wildman–Crippen LogP) is 1.43. The van der Waals surface area contributed by atoms with Gasteiger partial charge < -0.3 is 5.32 Å². The SMILES string of the molecule is Cc1cc(C(=O)N[C@@H](C)c2ccccc2)c2c(=O)n(C)c(=O)n(C)c2n1. The van der Waals surface area contributed by atoms with Gasteiger partial charge in [-0.1, -0.05) is 30.3 Å². The minimum Gasteiger partial charge on any atom is -0.345 e. The highest BCUT2D eigenvalue weighted by Crippen LogP contribution is 2.16. The average Bonchev–Trinajstić information content (AvgIpc) is 2.64. The van der Waals surface area contributed by atoms with Crippen molar-refractivity contribution in [3.8, 4) is 0 Å². The van der Waals surface area contributed by atoms with Crippen molar-refractivity contribution in [1.82, 2.24) is 19.4 Å². The molecular weight excluding hydrogens is 332 g/mol. The lowest BCUT2D eigenvalue weighted by Crippen LogP contribution is -2.39. The van der Waals surface area contributed by atoms with E-state index in [9.17, 15) is 14.4 Å². The Morgan fingerprint density at radius 1 is 1.12 bits per heavy atom. The first-order valence-corrected chi connectivity index (χ1v) is 8.24. The Hall–Kier alpha value is -3.22. The molecule has 0 unspecified atom stereocenters. The maximum atomic E-state index is 12.9. The molecule has 0 aliphatic rings. The van der Waals surface area contributed by atoms with Gasteiger partial charge in [-0.15, -0.1) is 0 Å². The molecule has 0 aliphatic carbocycles. The van der Waals surface area contributed by atoms with E-state index >= 15 is 0 Å². The first-order chi connectivity index (χ1) is 12.3. The van der Waals surface area contributed by atoms with E-state index < -0.39 is 11.2 Å². The molecule has 2 heterocycles. The minimum absolute atomic E-state index is 0.137. The van der Waals surface area contributed by atoms with Gasteiger partial charge in [-0.25, -0.2) is 9.78 Å². The number of fused-ring (bicyclic) bond motifs is 1. The van der Waals surface area contributed by atoms with Gasteiger partial charge in [-0.2, -0.15) is 0 Å². The van der Waals surface area contributed by atoms with Crippen molar-refractivity contribution in [1.29, 1.82) is 0 Å². The maximum absolute atomic E-state index is 12.9. The van der Waals surface area contributed by atoms with Gasteiger partial charge in [-0.3, -0.25) is 18.7 Å². The number of aromatic nitrogens is 3. The Morgan fingerprint density at radius 2 is 1.77 bits per heavy atom. The molecule has 134 valence electrons. The molecular formula is C19H20N4O3. The zero-order valence-corrected chi connectivity index (χ0v) is 15.1. The summed E-state index contributed by atoms with van der Waals surface area (Å²) >= 11 is 0. The first-order valence-electron chi connectivity index (χ1n) is 8.24. The second kappa shape index (κ2) is 6.59. The monoisotopic (exact) mass is 352 g/mol. The minimum atomic E-state index is -0.534. The van der Waals surface area contributed by atoms with E-state index in [-0.39, 0.29) is 28.5 Å². The third-order valence-electron chi connectivity index (χ3n) is 4.43. The zero-order chi connectivity index (χ0) is 19.0. The molecule has 1 atom stereocenters. The van der Waals surface area contributed by atoms with E-state index in [0.717, 1.165) is 10.1 Å². The van der Waals surface area contributed by atoms with Crippen LogP contribution >= 0.6 is 0 Å². The maximum Gasteiger partial charge on any atom is 0.332 e. The molecule has 2 aromatic heterocycles. The molecule has 0 spiro atoms. The zero-order valence-electron chi connectivity index (χ0n) is 15.1. The Bertz CT molecular complexity index is 1110. The summed E-state index contributed by atoms with van der Waals surface area (Å²) in [5, 5.41) is 3.05. The van der Waals surface area contributed by atoms with Gasteiger partial charge in [-0.05, 0) is 25.5 Å². The number of carbonyl (C=O) groups excluding carboxylic acids is 1. The van der Waals surface area contributed by atoms with Gasteiger partial charge in [0.15, 0.2) is 0 Å². The summed E-state index contributed by atoms with van der Waals surface area (Å²) in [6, 6.07) is 10.9. The molecule has 1 aromatic carbocycles. The van der Waals surface area contributed by atoms with Crippen molar-refractivity contribution in [2.45, 2.75) is 19.9 Å². The molecule has 0 radical (unpaired) electrons. The number of carbonyl (C=O) groups is 1. The van der Waals surface area contributed by atoms with Crippen LogP contribution in [0.15, 0.2) is 46.0 Å². The fraction of sp³-hybridized carbons (Fsp3) is 0.263. The molecule has 3 rings (SSSR count). The molecule has 0 bridgehead atoms. The van der Waals surface area contributed by atoms with Crippen LogP contribution in [0.5, 0.6) is 0 Å². The van der Waals surface area contributed by atoms with Crippen LogP contribution in [-0.4, -0.2) is 20.0 Å². The number of aryl methyl sites for hydroxylation is 2. The van der Waals surface area contributed by atoms with Crippen LogP contribution in [0, 0.1) is 6.92 Å². The summed E-state index contributed by atoms with van der Waals surface area (Å²) in [6.45, 7) is 3.59. The van der Waals surface area contributed by atoms with Gasteiger partial charge in [0.25, 0.3) is 11.5 Å². The second-order valence-electron chi connectivity index (χ2n) is 6.32. The van der Waals surface area contributed by atoms with Crippen LogP contribution in [0.2, 0.25) is 0 Å². The van der Waals surface area contributed by atoms with Gasteiger partial charge in [0.05, 0.1) is 17.0 Å². The number of rotatable bonds is 3. The third-order valence-corrected chi connectivity index (χ3v) is 4.43. The lowest BCUT2D eigenvalue weighted by Gasteiger charge is -2.16. The van der Waals surface area contributed by atoms with E-state index in [1.807, 2.05) is 37.3 Å². The molecule has 7 nitrogen and oxygen atoms in total. The van der Waals surface area contributed by atoms with Gasteiger partial charge in [0.2, 0.25) is 0 Å². The first kappa shape index (κ1) is 17.6. The number of hydrogen-bond donors (Lipinski definition) is 1. The summed E-state index contributed by atoms with van der Waals surface area (Å²) in [5.41, 5.74) is 0.911. The molecule has 1 amide bonds. The number of nitrogens with one attached hydrogen (secondary N) is 1. The average molecular weight is 352 g/mol. The topological polar surface area (TPSA) is 86.0 Å². The quantitative estimate of drug-likeness (QED) is 0.773. The Kier molecular flexibility index (Phi) is 4.46. The largest absolute Gasteiger partial charge is 0.345 e. The molecule has 0 saturated heterocycles. The fourth-order valence-corrected chi connectivity index (χ4v) is 2.96. The number of nitrogens with zero attached hydrogens (tertiary/aromatic N) is 3. The lowest BCUT2D eigenvalue weighted by molar-refractivity contribution is 0.0941. The molecule has 0 fully saturated rings. The van der Waals surface area contributed by atoms with E-state index in [2.05, 4.69) is 10.3 Å². The van der Waals surface area contributed by atoms with Crippen molar-refractivity contribution in [2.24, 2.45) is 14.1 Å². The molecule has 0 aliphatic heterocycles. The van der Waals surface area contributed by atoms with E-state index in [1.54, 1.807) is 13.0 Å². The Labute approximate surface area is 149 Å². The highest BCUT2D eigenvalue weighted by Gasteiger charge is 2.20. The van der Waals surface area contributed by atoms with Crippen LogP contribution in [0.4, 0.5) is 0 Å². The summed E-state index contributed by atoms with van der Waals surface area (Å²) in [4.78, 5) is 41.9. The highest BCUT2D eigenvalue weighted by molar-refractivity contribution is 6.05. The standard InChI is InChI=1S/C19H20N4O3/c1-11-10-14(17(24)21-12(2)13-8-6-5-7-9-13)15-16(20-11)22(3)19(26)23(4)18(15)25/h5-10,12H,1-4H3,(H,21,24)/t12-/m0/s1. The second-order valence-corrected chi connectivity index (χ2v) is 6.32. The van der Waals surface area contributed by atoms with Crippen molar-refractivity contribution in [2.75, 3.05) is 0 Å². The van der Waals surface area contributed by atoms with E-state index in [1.165, 1.54) is 18.7 Å². The van der Waals surface area contributed by atoms with Gasteiger partial charge in [0.1, 0.15) is 5.65 Å². The van der Waals surface area contributed by atoms with Gasteiger partial charge in [0, 0.05) is 19.8 Å². The molecule has 7 heteroatoms.